The number of hydrogen-bond acceptors (Lipinski definition) is 3. The van der Waals surface area contributed by atoms with Gasteiger partial charge in [-0.15, -0.1) is 0 Å². The minimum atomic E-state index is -2.96. The van der Waals surface area contributed by atoms with Gasteiger partial charge in [0.05, 0.1) is 17.7 Å². The lowest BCUT2D eigenvalue weighted by Crippen LogP contribution is -2.08. The highest BCUT2D eigenvalue weighted by Crippen LogP contribution is 2.34. The Hall–Kier alpha value is -1.07. The lowest BCUT2D eigenvalue weighted by molar-refractivity contribution is -0.0510. The molecule has 0 saturated carbocycles. The first-order valence-electron chi connectivity index (χ1n) is 4.98. The zero-order chi connectivity index (χ0) is 13.0. The van der Waals surface area contributed by atoms with Crippen molar-refractivity contribution in [3.63, 3.8) is 0 Å². The Kier molecular flexibility index (Phi) is 4.96. The summed E-state index contributed by atoms with van der Waals surface area (Å²) in [6.45, 7) is 0.158. The van der Waals surface area contributed by atoms with Crippen LogP contribution in [-0.4, -0.2) is 17.8 Å². The molecule has 3 nitrogen and oxygen atoms in total. The molecule has 1 aromatic carbocycles. The molecular weight excluding hydrogens is 254 g/mol. The molecule has 0 saturated heterocycles. The van der Waals surface area contributed by atoms with Crippen molar-refractivity contribution in [1.29, 1.82) is 0 Å². The normalized spacial score (nSPS) is 11.1. The standard InChI is InChI=1S/C11H13ClF2O3/c1-6(2)16-10-4-9(17-11(13)14)7(5-15)3-8(10)12/h3-4,6,11,15H,5H2,1-2H3. The van der Waals surface area contributed by atoms with Crippen LogP contribution in [-0.2, 0) is 6.61 Å². The van der Waals surface area contributed by atoms with Crippen LogP contribution in [0.5, 0.6) is 11.5 Å². The Morgan fingerprint density at radius 1 is 1.24 bits per heavy atom. The number of hydrogen-bond donors (Lipinski definition) is 1. The topological polar surface area (TPSA) is 38.7 Å². The highest BCUT2D eigenvalue weighted by Gasteiger charge is 2.14. The molecule has 0 amide bonds. The molecule has 0 heterocycles. The Labute approximate surface area is 103 Å². The number of rotatable bonds is 5. The number of alkyl halides is 2. The van der Waals surface area contributed by atoms with E-state index in [0.717, 1.165) is 0 Å². The van der Waals surface area contributed by atoms with Crippen molar-refractivity contribution >= 4 is 11.6 Å². The van der Waals surface area contributed by atoms with Gasteiger partial charge in [0.2, 0.25) is 0 Å². The molecule has 0 fully saturated rings. The zero-order valence-electron chi connectivity index (χ0n) is 9.41. The second-order valence-electron chi connectivity index (χ2n) is 3.59. The van der Waals surface area contributed by atoms with Crippen LogP contribution in [0.2, 0.25) is 5.02 Å². The van der Waals surface area contributed by atoms with Gasteiger partial charge in [0.1, 0.15) is 11.5 Å². The van der Waals surface area contributed by atoms with E-state index in [4.69, 9.17) is 21.4 Å². The first-order valence-corrected chi connectivity index (χ1v) is 5.36. The van der Waals surface area contributed by atoms with E-state index in [0.29, 0.717) is 0 Å². The van der Waals surface area contributed by atoms with Gasteiger partial charge in [0, 0.05) is 11.6 Å². The summed E-state index contributed by atoms with van der Waals surface area (Å²) in [5.41, 5.74) is 0.186. The van der Waals surface area contributed by atoms with Gasteiger partial charge in [-0.1, -0.05) is 11.6 Å². The highest BCUT2D eigenvalue weighted by molar-refractivity contribution is 6.32. The van der Waals surface area contributed by atoms with Crippen molar-refractivity contribution in [2.24, 2.45) is 0 Å². The molecular formula is C11H13ClF2O3. The van der Waals surface area contributed by atoms with Crippen molar-refractivity contribution in [3.05, 3.63) is 22.7 Å². The van der Waals surface area contributed by atoms with E-state index < -0.39 is 13.2 Å². The Bertz CT molecular complexity index is 383. The average Bonchev–Trinajstić information content (AvgIpc) is 2.21. The van der Waals surface area contributed by atoms with Crippen LogP contribution in [0.25, 0.3) is 0 Å². The van der Waals surface area contributed by atoms with Crippen LogP contribution in [0.1, 0.15) is 19.4 Å². The van der Waals surface area contributed by atoms with E-state index in [9.17, 15) is 8.78 Å². The minimum Gasteiger partial charge on any atom is -0.489 e. The van der Waals surface area contributed by atoms with Crippen molar-refractivity contribution in [2.75, 3.05) is 0 Å². The molecule has 0 aromatic heterocycles. The second-order valence-corrected chi connectivity index (χ2v) is 4.00. The lowest BCUT2D eigenvalue weighted by Gasteiger charge is -2.15. The maximum atomic E-state index is 12.2. The number of aliphatic hydroxyl groups excluding tert-OH is 1. The van der Waals surface area contributed by atoms with Gasteiger partial charge in [-0.25, -0.2) is 0 Å². The largest absolute Gasteiger partial charge is 0.489 e. The van der Waals surface area contributed by atoms with E-state index in [1.54, 1.807) is 13.8 Å². The molecule has 0 unspecified atom stereocenters. The van der Waals surface area contributed by atoms with E-state index in [2.05, 4.69) is 4.74 Å². The quantitative estimate of drug-likeness (QED) is 0.889. The lowest BCUT2D eigenvalue weighted by atomic mass is 10.2. The third-order valence-corrected chi connectivity index (χ3v) is 2.16. The van der Waals surface area contributed by atoms with Crippen LogP contribution >= 0.6 is 11.6 Å². The minimum absolute atomic E-state index is 0.137. The van der Waals surface area contributed by atoms with Crippen LogP contribution in [0, 0.1) is 0 Å². The van der Waals surface area contributed by atoms with Gasteiger partial charge in [-0.2, -0.15) is 8.78 Å². The molecule has 0 aliphatic heterocycles. The SMILES string of the molecule is CC(C)Oc1cc(OC(F)F)c(CO)cc1Cl. The van der Waals surface area contributed by atoms with E-state index >= 15 is 0 Å². The first-order chi connectivity index (χ1) is 7.93. The predicted molar refractivity (Wildman–Crippen MR) is 59.8 cm³/mol. The zero-order valence-corrected chi connectivity index (χ0v) is 10.2. The van der Waals surface area contributed by atoms with Crippen molar-refractivity contribution in [3.8, 4) is 11.5 Å². The van der Waals surface area contributed by atoms with Crippen LogP contribution in [0.4, 0.5) is 8.78 Å². The van der Waals surface area contributed by atoms with Crippen molar-refractivity contribution in [2.45, 2.75) is 33.2 Å². The fourth-order valence-electron chi connectivity index (χ4n) is 1.25. The molecule has 0 atom stereocenters. The maximum absolute atomic E-state index is 12.2. The monoisotopic (exact) mass is 266 g/mol. The second kappa shape index (κ2) is 6.02. The summed E-state index contributed by atoms with van der Waals surface area (Å²) in [6.07, 6.45) is -0.146. The maximum Gasteiger partial charge on any atom is 0.387 e. The summed E-state index contributed by atoms with van der Waals surface area (Å²) < 4.78 is 33.9. The summed E-state index contributed by atoms with van der Waals surface area (Å²) in [5.74, 6) is 0.108. The van der Waals surface area contributed by atoms with E-state index in [1.807, 2.05) is 0 Å². The fraction of sp³-hybridized carbons (Fsp3) is 0.455. The smallest absolute Gasteiger partial charge is 0.387 e. The number of benzene rings is 1. The molecule has 0 spiro atoms. The van der Waals surface area contributed by atoms with Gasteiger partial charge < -0.3 is 14.6 Å². The molecule has 1 aromatic rings. The van der Waals surface area contributed by atoms with Gasteiger partial charge in [-0.05, 0) is 19.9 Å². The summed E-state index contributed by atoms with van der Waals surface area (Å²) in [6, 6.07) is 2.59. The number of halogens is 3. The summed E-state index contributed by atoms with van der Waals surface area (Å²) in [4.78, 5) is 0. The van der Waals surface area contributed by atoms with Gasteiger partial charge in [0.15, 0.2) is 0 Å². The molecule has 1 N–H and O–H groups in total. The molecule has 0 radical (unpaired) electrons. The first kappa shape index (κ1) is 14.0. The number of ether oxygens (including phenoxy) is 2. The van der Waals surface area contributed by atoms with Gasteiger partial charge in [0.25, 0.3) is 0 Å². The third kappa shape index (κ3) is 4.02. The molecule has 0 aliphatic rings. The fourth-order valence-corrected chi connectivity index (χ4v) is 1.48. The van der Waals surface area contributed by atoms with Gasteiger partial charge in [-0.3, -0.25) is 0 Å². The summed E-state index contributed by atoms with van der Waals surface area (Å²) >= 11 is 5.88. The molecule has 96 valence electrons. The molecule has 1 rings (SSSR count). The summed E-state index contributed by atoms with van der Waals surface area (Å²) in [5, 5.41) is 9.24. The van der Waals surface area contributed by atoms with Crippen LogP contribution in [0.3, 0.4) is 0 Å². The molecule has 17 heavy (non-hydrogen) atoms. The Balaban J connectivity index is 3.08. The van der Waals surface area contributed by atoms with Crippen molar-refractivity contribution in [1.82, 2.24) is 0 Å². The average molecular weight is 267 g/mol. The van der Waals surface area contributed by atoms with Crippen molar-refractivity contribution < 1.29 is 23.4 Å². The third-order valence-electron chi connectivity index (χ3n) is 1.86. The van der Waals surface area contributed by atoms with Gasteiger partial charge >= 0.3 is 6.61 Å². The predicted octanol–water partition coefficient (Wildman–Crippen LogP) is 3.22. The van der Waals surface area contributed by atoms with E-state index in [-0.39, 0.29) is 28.2 Å². The summed E-state index contributed by atoms with van der Waals surface area (Å²) in [7, 11) is 0. The highest BCUT2D eigenvalue weighted by atomic mass is 35.5. The van der Waals surface area contributed by atoms with Crippen LogP contribution < -0.4 is 9.47 Å². The Morgan fingerprint density at radius 3 is 2.35 bits per heavy atom. The molecule has 0 bridgehead atoms. The Morgan fingerprint density at radius 2 is 1.88 bits per heavy atom. The van der Waals surface area contributed by atoms with E-state index in [1.165, 1.54) is 12.1 Å². The molecule has 6 heteroatoms. The molecule has 0 aliphatic carbocycles. The van der Waals surface area contributed by atoms with Crippen LogP contribution in [0.15, 0.2) is 12.1 Å². The number of aliphatic hydroxyl groups is 1.